The van der Waals surface area contributed by atoms with Gasteiger partial charge in [0.25, 0.3) is 0 Å². The summed E-state index contributed by atoms with van der Waals surface area (Å²) in [5.74, 6) is 5.50. The SMILES string of the molecule is CCCNC(C1CCOC2(CCSC2)C1)C1CSCCO1. The summed E-state index contributed by atoms with van der Waals surface area (Å²) < 4.78 is 12.3. The van der Waals surface area contributed by atoms with E-state index in [9.17, 15) is 0 Å². The molecule has 3 heterocycles. The fraction of sp³-hybridized carbons (Fsp3) is 1.00. The molecule has 5 heteroatoms. The monoisotopic (exact) mass is 331 g/mol. The van der Waals surface area contributed by atoms with E-state index in [1.165, 1.54) is 37.2 Å². The summed E-state index contributed by atoms with van der Waals surface area (Å²) in [4.78, 5) is 0. The van der Waals surface area contributed by atoms with Gasteiger partial charge in [-0.25, -0.2) is 0 Å². The van der Waals surface area contributed by atoms with Gasteiger partial charge in [-0.3, -0.25) is 0 Å². The molecule has 0 bridgehead atoms. The summed E-state index contributed by atoms with van der Waals surface area (Å²) in [5, 5.41) is 3.81. The van der Waals surface area contributed by atoms with E-state index < -0.39 is 0 Å². The Morgan fingerprint density at radius 2 is 2.24 bits per heavy atom. The van der Waals surface area contributed by atoms with Gasteiger partial charge >= 0.3 is 0 Å². The largest absolute Gasteiger partial charge is 0.375 e. The molecule has 0 aliphatic carbocycles. The highest BCUT2D eigenvalue weighted by molar-refractivity contribution is 7.99. The molecule has 0 aromatic carbocycles. The lowest BCUT2D eigenvalue weighted by Crippen LogP contribution is -2.54. The van der Waals surface area contributed by atoms with Crippen LogP contribution in [-0.2, 0) is 9.47 Å². The molecule has 0 saturated carbocycles. The zero-order chi connectivity index (χ0) is 14.5. The molecule has 1 spiro atoms. The molecule has 3 rings (SSSR count). The Labute approximate surface area is 137 Å². The van der Waals surface area contributed by atoms with E-state index in [2.05, 4.69) is 35.8 Å². The minimum absolute atomic E-state index is 0.182. The Hall–Kier alpha value is 0.580. The highest BCUT2D eigenvalue weighted by Crippen LogP contribution is 2.42. The fourth-order valence-corrected chi connectivity index (χ4v) is 6.16. The van der Waals surface area contributed by atoms with Crippen molar-refractivity contribution in [3.05, 3.63) is 0 Å². The smallest absolute Gasteiger partial charge is 0.0821 e. The summed E-state index contributed by atoms with van der Waals surface area (Å²) in [6.45, 7) is 5.22. The van der Waals surface area contributed by atoms with Crippen LogP contribution >= 0.6 is 23.5 Å². The number of ether oxygens (including phenoxy) is 2. The molecular weight excluding hydrogens is 302 g/mol. The molecule has 1 N–H and O–H groups in total. The Balaban J connectivity index is 1.65. The number of nitrogens with one attached hydrogen (secondary N) is 1. The summed E-state index contributed by atoms with van der Waals surface area (Å²) in [7, 11) is 0. The first-order valence-electron chi connectivity index (χ1n) is 8.47. The first kappa shape index (κ1) is 16.4. The molecule has 4 atom stereocenters. The van der Waals surface area contributed by atoms with E-state index >= 15 is 0 Å². The normalized spacial score (nSPS) is 38.7. The summed E-state index contributed by atoms with van der Waals surface area (Å²) in [6, 6.07) is 0.518. The third-order valence-corrected chi connectivity index (χ3v) is 7.22. The van der Waals surface area contributed by atoms with Crippen molar-refractivity contribution >= 4 is 23.5 Å². The summed E-state index contributed by atoms with van der Waals surface area (Å²) in [5.41, 5.74) is 0.182. The van der Waals surface area contributed by atoms with Crippen molar-refractivity contribution in [2.75, 3.05) is 42.8 Å². The van der Waals surface area contributed by atoms with Gasteiger partial charge in [-0.15, -0.1) is 0 Å². The van der Waals surface area contributed by atoms with Gasteiger partial charge in [0.15, 0.2) is 0 Å². The molecule has 0 aromatic heterocycles. The van der Waals surface area contributed by atoms with Gasteiger partial charge in [-0.2, -0.15) is 23.5 Å². The topological polar surface area (TPSA) is 30.5 Å². The Morgan fingerprint density at radius 1 is 1.29 bits per heavy atom. The maximum atomic E-state index is 6.20. The van der Waals surface area contributed by atoms with Crippen LogP contribution in [0, 0.1) is 5.92 Å². The second-order valence-electron chi connectivity index (χ2n) is 6.55. The highest BCUT2D eigenvalue weighted by atomic mass is 32.2. The quantitative estimate of drug-likeness (QED) is 0.837. The van der Waals surface area contributed by atoms with E-state index in [1.807, 2.05) is 0 Å². The predicted octanol–water partition coefficient (Wildman–Crippen LogP) is 2.79. The van der Waals surface area contributed by atoms with Crippen molar-refractivity contribution in [2.24, 2.45) is 5.92 Å². The molecule has 3 fully saturated rings. The zero-order valence-electron chi connectivity index (χ0n) is 13.1. The van der Waals surface area contributed by atoms with Crippen LogP contribution < -0.4 is 5.32 Å². The van der Waals surface area contributed by atoms with E-state index in [4.69, 9.17) is 9.47 Å². The minimum Gasteiger partial charge on any atom is -0.375 e. The third kappa shape index (κ3) is 4.11. The van der Waals surface area contributed by atoms with Crippen LogP contribution in [0.1, 0.15) is 32.6 Å². The number of hydrogen-bond acceptors (Lipinski definition) is 5. The maximum absolute atomic E-state index is 6.20. The van der Waals surface area contributed by atoms with E-state index in [-0.39, 0.29) is 5.60 Å². The van der Waals surface area contributed by atoms with Gasteiger partial charge in [-0.1, -0.05) is 6.92 Å². The molecule has 3 aliphatic rings. The standard InChI is InChI=1S/C16H29NO2S2/c1-2-5-17-15(14-11-20-9-7-18-14)13-3-6-19-16(10-13)4-8-21-12-16/h13-15,17H,2-12H2,1H3. The van der Waals surface area contributed by atoms with Gasteiger partial charge in [0, 0.05) is 29.9 Å². The Kier molecular flexibility index (Phi) is 6.19. The van der Waals surface area contributed by atoms with Gasteiger partial charge in [0.2, 0.25) is 0 Å². The Bertz CT molecular complexity index is 317. The third-order valence-electron chi connectivity index (χ3n) is 4.98. The highest BCUT2D eigenvalue weighted by Gasteiger charge is 2.44. The summed E-state index contributed by atoms with van der Waals surface area (Å²) in [6.07, 6.45) is 5.25. The first-order valence-corrected chi connectivity index (χ1v) is 10.8. The van der Waals surface area contributed by atoms with Gasteiger partial charge < -0.3 is 14.8 Å². The second-order valence-corrected chi connectivity index (χ2v) is 8.81. The molecule has 0 radical (unpaired) electrons. The second kappa shape index (κ2) is 7.91. The Morgan fingerprint density at radius 3 is 2.95 bits per heavy atom. The fourth-order valence-electron chi connectivity index (χ4n) is 3.86. The minimum atomic E-state index is 0.182. The van der Waals surface area contributed by atoms with Crippen LogP contribution in [0.2, 0.25) is 0 Å². The zero-order valence-corrected chi connectivity index (χ0v) is 14.8. The number of thioether (sulfide) groups is 2. The van der Waals surface area contributed by atoms with Crippen molar-refractivity contribution in [2.45, 2.75) is 50.4 Å². The van der Waals surface area contributed by atoms with Crippen molar-refractivity contribution in [1.82, 2.24) is 5.32 Å². The van der Waals surface area contributed by atoms with Crippen molar-refractivity contribution in [3.8, 4) is 0 Å². The van der Waals surface area contributed by atoms with Crippen molar-refractivity contribution < 1.29 is 9.47 Å². The molecule has 3 saturated heterocycles. The van der Waals surface area contributed by atoms with E-state index in [0.717, 1.165) is 31.3 Å². The van der Waals surface area contributed by atoms with E-state index in [1.54, 1.807) is 0 Å². The average molecular weight is 332 g/mol. The van der Waals surface area contributed by atoms with Gasteiger partial charge in [0.05, 0.1) is 18.3 Å². The molecule has 3 nitrogen and oxygen atoms in total. The average Bonchev–Trinajstić information content (AvgIpc) is 2.97. The molecule has 3 aliphatic heterocycles. The van der Waals surface area contributed by atoms with Crippen LogP contribution in [0.25, 0.3) is 0 Å². The van der Waals surface area contributed by atoms with Crippen LogP contribution in [0.3, 0.4) is 0 Å². The summed E-state index contributed by atoms with van der Waals surface area (Å²) >= 11 is 4.12. The van der Waals surface area contributed by atoms with Crippen LogP contribution in [0.15, 0.2) is 0 Å². The van der Waals surface area contributed by atoms with Crippen LogP contribution in [0.4, 0.5) is 0 Å². The van der Waals surface area contributed by atoms with E-state index in [0.29, 0.717) is 18.1 Å². The lowest BCUT2D eigenvalue weighted by Gasteiger charge is -2.44. The molecular formula is C16H29NO2S2. The maximum Gasteiger partial charge on any atom is 0.0821 e. The first-order chi connectivity index (χ1) is 10.3. The molecule has 122 valence electrons. The lowest BCUT2D eigenvalue weighted by atomic mass is 9.79. The predicted molar refractivity (Wildman–Crippen MR) is 92.5 cm³/mol. The molecule has 0 amide bonds. The van der Waals surface area contributed by atoms with Gasteiger partial charge in [0.1, 0.15) is 0 Å². The lowest BCUT2D eigenvalue weighted by molar-refractivity contribution is -0.0956. The molecule has 0 aromatic rings. The molecule has 21 heavy (non-hydrogen) atoms. The number of hydrogen-bond donors (Lipinski definition) is 1. The molecule has 4 unspecified atom stereocenters. The van der Waals surface area contributed by atoms with Gasteiger partial charge in [-0.05, 0) is 43.9 Å². The van der Waals surface area contributed by atoms with Crippen molar-refractivity contribution in [3.63, 3.8) is 0 Å². The van der Waals surface area contributed by atoms with Crippen LogP contribution in [0.5, 0.6) is 0 Å². The van der Waals surface area contributed by atoms with Crippen molar-refractivity contribution in [1.29, 1.82) is 0 Å². The van der Waals surface area contributed by atoms with Crippen LogP contribution in [-0.4, -0.2) is 60.5 Å². The number of rotatable bonds is 5.